The van der Waals surface area contributed by atoms with E-state index in [1.54, 1.807) is 12.4 Å². The molecule has 88 valence electrons. The number of anilines is 1. The fourth-order valence-electron chi connectivity index (χ4n) is 1.21. The first-order chi connectivity index (χ1) is 8.08. The third-order valence-electron chi connectivity index (χ3n) is 1.98. The molecule has 0 aliphatic rings. The summed E-state index contributed by atoms with van der Waals surface area (Å²) in [6.07, 6.45) is 4.57. The van der Waals surface area contributed by atoms with Crippen LogP contribution in [0.25, 0.3) is 0 Å². The number of hydrogen-bond donors (Lipinski definition) is 1. The van der Waals surface area contributed by atoms with Gasteiger partial charge in [0.2, 0.25) is 0 Å². The molecule has 1 aromatic carbocycles. The molecule has 0 spiro atoms. The van der Waals surface area contributed by atoms with Crippen molar-refractivity contribution in [3.8, 4) is 0 Å². The Kier molecular flexibility index (Phi) is 4.01. The monoisotopic (exact) mass is 421 g/mol. The third-order valence-corrected chi connectivity index (χ3v) is 3.69. The maximum absolute atomic E-state index is 11.8. The normalized spacial score (nSPS) is 10.3. The van der Waals surface area contributed by atoms with Crippen LogP contribution < -0.4 is 5.32 Å². The van der Waals surface area contributed by atoms with Crippen LogP contribution in [0.5, 0.6) is 0 Å². The van der Waals surface area contributed by atoms with Crippen molar-refractivity contribution in [3.05, 3.63) is 44.3 Å². The zero-order valence-corrected chi connectivity index (χ0v) is 13.1. The zero-order valence-electron chi connectivity index (χ0n) is 8.32. The van der Waals surface area contributed by atoms with E-state index in [0.29, 0.717) is 5.69 Å². The first-order valence-corrected chi connectivity index (χ1v) is 6.89. The molecule has 7 heteroatoms. The molecule has 4 nitrogen and oxygen atoms in total. The Hall–Kier alpha value is -0.660. The molecule has 0 aliphatic carbocycles. The number of benzene rings is 1. The van der Waals surface area contributed by atoms with Crippen molar-refractivity contribution in [1.82, 2.24) is 9.55 Å². The molecule has 1 N–H and O–H groups in total. The van der Waals surface area contributed by atoms with Crippen LogP contribution in [-0.4, -0.2) is 15.6 Å². The van der Waals surface area contributed by atoms with Gasteiger partial charge in [-0.05, 0) is 44.0 Å². The average molecular weight is 424 g/mol. The topological polar surface area (TPSA) is 46.9 Å². The molecular formula is C10H6Br3N3O. The third kappa shape index (κ3) is 2.97. The van der Waals surface area contributed by atoms with Gasteiger partial charge in [-0.1, -0.05) is 15.9 Å². The van der Waals surface area contributed by atoms with Crippen LogP contribution in [0.15, 0.2) is 44.3 Å². The van der Waals surface area contributed by atoms with Gasteiger partial charge in [0.15, 0.2) is 0 Å². The van der Waals surface area contributed by atoms with Crippen molar-refractivity contribution in [3.63, 3.8) is 0 Å². The van der Waals surface area contributed by atoms with Gasteiger partial charge in [0, 0.05) is 25.8 Å². The molecule has 0 unspecified atom stereocenters. The first-order valence-electron chi connectivity index (χ1n) is 4.52. The van der Waals surface area contributed by atoms with Gasteiger partial charge in [-0.3, -0.25) is 4.57 Å². The van der Waals surface area contributed by atoms with Crippen LogP contribution in [0, 0.1) is 0 Å². The highest BCUT2D eigenvalue weighted by molar-refractivity contribution is 9.11. The Morgan fingerprint density at radius 1 is 1.24 bits per heavy atom. The van der Waals surface area contributed by atoms with Crippen LogP contribution in [0.3, 0.4) is 0 Å². The molecule has 0 saturated carbocycles. The Bertz CT molecular complexity index is 531. The Morgan fingerprint density at radius 3 is 2.41 bits per heavy atom. The summed E-state index contributed by atoms with van der Waals surface area (Å²) in [7, 11) is 0. The van der Waals surface area contributed by atoms with Crippen molar-refractivity contribution in [2.24, 2.45) is 0 Å². The highest BCUT2D eigenvalue weighted by Crippen LogP contribution is 2.34. The van der Waals surface area contributed by atoms with Crippen LogP contribution in [0.2, 0.25) is 0 Å². The molecule has 0 saturated heterocycles. The molecule has 0 fully saturated rings. The van der Waals surface area contributed by atoms with Crippen molar-refractivity contribution < 1.29 is 4.79 Å². The summed E-state index contributed by atoms with van der Waals surface area (Å²) < 4.78 is 3.84. The number of carbonyl (C=O) groups excluding carboxylic acids is 1. The van der Waals surface area contributed by atoms with Gasteiger partial charge < -0.3 is 5.32 Å². The van der Waals surface area contributed by atoms with Crippen LogP contribution in [0.1, 0.15) is 0 Å². The minimum atomic E-state index is -0.272. The Morgan fingerprint density at radius 2 is 1.88 bits per heavy atom. The molecule has 0 aliphatic heterocycles. The van der Waals surface area contributed by atoms with Gasteiger partial charge in [0.25, 0.3) is 0 Å². The molecule has 17 heavy (non-hydrogen) atoms. The highest BCUT2D eigenvalue weighted by atomic mass is 79.9. The molecule has 0 bridgehead atoms. The number of aromatic nitrogens is 2. The zero-order chi connectivity index (χ0) is 12.4. The quantitative estimate of drug-likeness (QED) is 0.745. The largest absolute Gasteiger partial charge is 0.331 e. The summed E-state index contributed by atoms with van der Waals surface area (Å²) in [6, 6.07) is 3.44. The fourth-order valence-corrected chi connectivity index (χ4v) is 3.67. The lowest BCUT2D eigenvalue weighted by atomic mass is 10.3. The number of nitrogens with one attached hydrogen (secondary N) is 1. The lowest BCUT2D eigenvalue weighted by Crippen LogP contribution is -2.18. The van der Waals surface area contributed by atoms with Gasteiger partial charge in [0.1, 0.15) is 6.33 Å². The number of halogens is 3. The Labute approximate surface area is 123 Å². The predicted molar refractivity (Wildman–Crippen MR) is 76.2 cm³/mol. The molecule has 1 amide bonds. The maximum Gasteiger partial charge on any atom is 0.331 e. The van der Waals surface area contributed by atoms with Crippen molar-refractivity contribution in [2.45, 2.75) is 0 Å². The molecule has 1 heterocycles. The maximum atomic E-state index is 11.8. The number of nitrogens with zero attached hydrogens (tertiary/aromatic N) is 2. The molecule has 0 atom stereocenters. The predicted octanol–water partition coefficient (Wildman–Crippen LogP) is 4.25. The van der Waals surface area contributed by atoms with Gasteiger partial charge in [-0.2, -0.15) is 0 Å². The van der Waals surface area contributed by atoms with E-state index in [4.69, 9.17) is 0 Å². The summed E-state index contributed by atoms with van der Waals surface area (Å²) in [5.74, 6) is 0. The summed E-state index contributed by atoms with van der Waals surface area (Å²) in [5, 5.41) is 2.78. The van der Waals surface area contributed by atoms with E-state index in [-0.39, 0.29) is 6.03 Å². The van der Waals surface area contributed by atoms with Gasteiger partial charge >= 0.3 is 6.03 Å². The van der Waals surface area contributed by atoms with Crippen LogP contribution in [-0.2, 0) is 0 Å². The average Bonchev–Trinajstić information content (AvgIpc) is 2.76. The van der Waals surface area contributed by atoms with E-state index in [1.165, 1.54) is 10.9 Å². The molecular weight excluding hydrogens is 418 g/mol. The standard InChI is InChI=1S/C10H6Br3N3O/c11-6-3-7(12)9(8(13)4-6)15-10(17)16-2-1-14-5-16/h1-5H,(H,15,17). The molecule has 1 aromatic heterocycles. The van der Waals surface area contributed by atoms with Gasteiger partial charge in [-0.25, -0.2) is 9.78 Å². The van der Waals surface area contributed by atoms with Crippen LogP contribution >= 0.6 is 47.8 Å². The van der Waals surface area contributed by atoms with Gasteiger partial charge in [-0.15, -0.1) is 0 Å². The second-order valence-electron chi connectivity index (χ2n) is 3.14. The summed E-state index contributed by atoms with van der Waals surface area (Å²) in [5.41, 5.74) is 0.673. The van der Waals surface area contributed by atoms with E-state index < -0.39 is 0 Å². The molecule has 2 aromatic rings. The SMILES string of the molecule is O=C(Nc1c(Br)cc(Br)cc1Br)n1ccnc1. The number of carbonyl (C=O) groups is 1. The highest BCUT2D eigenvalue weighted by Gasteiger charge is 2.11. The summed E-state index contributed by atoms with van der Waals surface area (Å²) in [6.45, 7) is 0. The van der Waals surface area contributed by atoms with Crippen molar-refractivity contribution >= 4 is 59.5 Å². The number of imidazole rings is 1. The number of hydrogen-bond acceptors (Lipinski definition) is 2. The fraction of sp³-hybridized carbons (Fsp3) is 0. The van der Waals surface area contributed by atoms with Gasteiger partial charge in [0.05, 0.1) is 5.69 Å². The minimum absolute atomic E-state index is 0.272. The van der Waals surface area contributed by atoms with E-state index >= 15 is 0 Å². The van der Waals surface area contributed by atoms with Crippen LogP contribution in [0.4, 0.5) is 10.5 Å². The van der Waals surface area contributed by atoms with Crippen molar-refractivity contribution in [2.75, 3.05) is 5.32 Å². The molecule has 0 radical (unpaired) electrons. The second-order valence-corrected chi connectivity index (χ2v) is 5.77. The summed E-state index contributed by atoms with van der Waals surface area (Å²) >= 11 is 10.1. The lowest BCUT2D eigenvalue weighted by molar-refractivity contribution is 0.253. The van der Waals surface area contributed by atoms with E-state index in [1.807, 2.05) is 12.1 Å². The minimum Gasteiger partial charge on any atom is -0.305 e. The van der Waals surface area contributed by atoms with E-state index in [0.717, 1.165) is 13.4 Å². The lowest BCUT2D eigenvalue weighted by Gasteiger charge is -2.10. The van der Waals surface area contributed by atoms with E-state index in [9.17, 15) is 4.79 Å². The number of amides is 1. The van der Waals surface area contributed by atoms with Crippen molar-refractivity contribution in [1.29, 1.82) is 0 Å². The number of rotatable bonds is 1. The summed E-state index contributed by atoms with van der Waals surface area (Å²) in [4.78, 5) is 15.6. The smallest absolute Gasteiger partial charge is 0.305 e. The first kappa shape index (κ1) is 12.8. The Balaban J connectivity index is 2.28. The second kappa shape index (κ2) is 5.32. The molecule has 2 rings (SSSR count). The van der Waals surface area contributed by atoms with E-state index in [2.05, 4.69) is 58.1 Å².